The van der Waals surface area contributed by atoms with E-state index in [1.807, 2.05) is 6.07 Å². The summed E-state index contributed by atoms with van der Waals surface area (Å²) in [6.45, 7) is 2.34. The van der Waals surface area contributed by atoms with E-state index in [9.17, 15) is 0 Å². The van der Waals surface area contributed by atoms with Crippen molar-refractivity contribution in [2.45, 2.75) is 6.42 Å². The van der Waals surface area contributed by atoms with Gasteiger partial charge in [-0.1, -0.05) is 27.3 Å². The Kier molecular flexibility index (Phi) is 1.99. The van der Waals surface area contributed by atoms with Crippen molar-refractivity contribution in [2.75, 3.05) is 18.0 Å². The van der Waals surface area contributed by atoms with Gasteiger partial charge in [-0.3, -0.25) is 0 Å². The molecule has 2 heterocycles. The maximum Gasteiger partial charge on any atom is 0.186 e. The molecule has 1 aliphatic heterocycles. The van der Waals surface area contributed by atoms with Gasteiger partial charge >= 0.3 is 0 Å². The van der Waals surface area contributed by atoms with E-state index in [-0.39, 0.29) is 0 Å². The van der Waals surface area contributed by atoms with Crippen LogP contribution in [0.15, 0.2) is 22.7 Å². The number of hydrogen-bond donors (Lipinski definition) is 0. The summed E-state index contributed by atoms with van der Waals surface area (Å²) in [6.07, 6.45) is 1.31. The van der Waals surface area contributed by atoms with Gasteiger partial charge in [-0.15, -0.1) is 0 Å². The van der Waals surface area contributed by atoms with Crippen LogP contribution in [0.1, 0.15) is 6.42 Å². The summed E-state index contributed by atoms with van der Waals surface area (Å²) in [5.74, 6) is 0. The molecule has 14 heavy (non-hydrogen) atoms. The molecule has 72 valence electrons. The van der Waals surface area contributed by atoms with Crippen molar-refractivity contribution in [1.29, 1.82) is 0 Å². The van der Waals surface area contributed by atoms with Gasteiger partial charge < -0.3 is 4.90 Å². The van der Waals surface area contributed by atoms with Crippen LogP contribution in [0, 0.1) is 0 Å². The summed E-state index contributed by atoms with van der Waals surface area (Å²) in [5.41, 5.74) is 1.11. The molecule has 0 aliphatic carbocycles. The number of thiazole rings is 1. The molecule has 0 atom stereocenters. The van der Waals surface area contributed by atoms with Gasteiger partial charge in [0.25, 0.3) is 0 Å². The predicted molar refractivity (Wildman–Crippen MR) is 64.2 cm³/mol. The number of aromatic nitrogens is 1. The van der Waals surface area contributed by atoms with Crippen molar-refractivity contribution in [3.63, 3.8) is 0 Å². The van der Waals surface area contributed by atoms with E-state index < -0.39 is 0 Å². The minimum absolute atomic E-state index is 1.11. The summed E-state index contributed by atoms with van der Waals surface area (Å²) in [6, 6.07) is 6.25. The zero-order valence-corrected chi connectivity index (χ0v) is 9.94. The van der Waals surface area contributed by atoms with Gasteiger partial charge in [0.15, 0.2) is 5.13 Å². The third-order valence-electron chi connectivity index (χ3n) is 2.47. The van der Waals surface area contributed by atoms with E-state index in [0.717, 1.165) is 9.99 Å². The lowest BCUT2D eigenvalue weighted by Crippen LogP contribution is -2.36. The first-order chi connectivity index (χ1) is 6.83. The smallest absolute Gasteiger partial charge is 0.186 e. The fourth-order valence-corrected chi connectivity index (χ4v) is 3.10. The molecule has 1 aromatic carbocycles. The van der Waals surface area contributed by atoms with E-state index in [1.165, 1.54) is 29.3 Å². The Morgan fingerprint density at radius 1 is 1.36 bits per heavy atom. The first-order valence-electron chi connectivity index (χ1n) is 4.64. The van der Waals surface area contributed by atoms with Crippen LogP contribution in [0.3, 0.4) is 0 Å². The van der Waals surface area contributed by atoms with E-state index in [0.29, 0.717) is 0 Å². The molecule has 0 unspecified atom stereocenters. The Bertz CT molecular complexity index is 476. The maximum atomic E-state index is 4.60. The van der Waals surface area contributed by atoms with Crippen LogP contribution in [0.2, 0.25) is 0 Å². The lowest BCUT2D eigenvalue weighted by Gasteiger charge is -2.30. The van der Waals surface area contributed by atoms with Crippen molar-refractivity contribution in [1.82, 2.24) is 4.98 Å². The lowest BCUT2D eigenvalue weighted by atomic mass is 10.2. The average Bonchev–Trinajstić information content (AvgIpc) is 2.43. The summed E-state index contributed by atoms with van der Waals surface area (Å²) in [7, 11) is 0. The van der Waals surface area contributed by atoms with Crippen LogP contribution in [-0.2, 0) is 0 Å². The first-order valence-corrected chi connectivity index (χ1v) is 6.25. The predicted octanol–water partition coefficient (Wildman–Crippen LogP) is 3.27. The second kappa shape index (κ2) is 3.21. The number of fused-ring (bicyclic) bond motifs is 1. The average molecular weight is 269 g/mol. The molecular formula is C10H9BrN2S. The van der Waals surface area contributed by atoms with Crippen LogP contribution in [0.4, 0.5) is 5.13 Å². The molecule has 0 saturated carbocycles. The Morgan fingerprint density at radius 2 is 2.21 bits per heavy atom. The fraction of sp³-hybridized carbons (Fsp3) is 0.300. The van der Waals surface area contributed by atoms with Crippen LogP contribution in [-0.4, -0.2) is 18.1 Å². The number of benzene rings is 1. The van der Waals surface area contributed by atoms with Crippen molar-refractivity contribution in [3.05, 3.63) is 22.7 Å². The van der Waals surface area contributed by atoms with Crippen LogP contribution in [0.5, 0.6) is 0 Å². The molecule has 1 aromatic heterocycles. The molecule has 0 radical (unpaired) electrons. The summed E-state index contributed by atoms with van der Waals surface area (Å²) in [5, 5.41) is 1.17. The maximum absolute atomic E-state index is 4.60. The van der Waals surface area contributed by atoms with Gasteiger partial charge in [-0.2, -0.15) is 0 Å². The van der Waals surface area contributed by atoms with Gasteiger partial charge in [0.2, 0.25) is 0 Å². The van der Waals surface area contributed by atoms with Gasteiger partial charge in [0.1, 0.15) is 0 Å². The molecule has 3 rings (SSSR count). The quantitative estimate of drug-likeness (QED) is 0.789. The molecule has 0 amide bonds. The minimum Gasteiger partial charge on any atom is -0.348 e. The highest BCUT2D eigenvalue weighted by atomic mass is 79.9. The molecule has 0 bridgehead atoms. The largest absolute Gasteiger partial charge is 0.348 e. The molecule has 0 spiro atoms. The first kappa shape index (κ1) is 8.68. The number of hydrogen-bond acceptors (Lipinski definition) is 3. The summed E-state index contributed by atoms with van der Waals surface area (Å²) in [4.78, 5) is 6.93. The monoisotopic (exact) mass is 268 g/mol. The lowest BCUT2D eigenvalue weighted by molar-refractivity contribution is 0.616. The molecule has 2 nitrogen and oxygen atoms in total. The molecule has 2 aromatic rings. The Balaban J connectivity index is 2.10. The van der Waals surface area contributed by atoms with Crippen LogP contribution < -0.4 is 4.90 Å². The second-order valence-corrected chi connectivity index (χ2v) is 5.37. The summed E-state index contributed by atoms with van der Waals surface area (Å²) >= 11 is 5.26. The standard InChI is InChI=1S/C10H9BrN2S/c11-7-2-3-8-9(6-7)14-10(12-8)13-4-1-5-13/h2-3,6H,1,4-5H2. The normalized spacial score (nSPS) is 15.9. The van der Waals surface area contributed by atoms with Crippen molar-refractivity contribution >= 4 is 42.6 Å². The Hall–Kier alpha value is -0.610. The minimum atomic E-state index is 1.11. The molecule has 1 saturated heterocycles. The van der Waals surface area contributed by atoms with E-state index in [4.69, 9.17) is 0 Å². The van der Waals surface area contributed by atoms with Crippen molar-refractivity contribution in [3.8, 4) is 0 Å². The molecular weight excluding hydrogens is 260 g/mol. The highest BCUT2D eigenvalue weighted by Gasteiger charge is 2.17. The van der Waals surface area contributed by atoms with E-state index >= 15 is 0 Å². The van der Waals surface area contributed by atoms with E-state index in [1.54, 1.807) is 11.3 Å². The Morgan fingerprint density at radius 3 is 2.93 bits per heavy atom. The van der Waals surface area contributed by atoms with Crippen LogP contribution in [0.25, 0.3) is 10.2 Å². The second-order valence-electron chi connectivity index (χ2n) is 3.45. The van der Waals surface area contributed by atoms with E-state index in [2.05, 4.69) is 37.9 Å². The zero-order valence-electron chi connectivity index (χ0n) is 7.53. The number of halogens is 1. The fourth-order valence-electron chi connectivity index (χ4n) is 1.53. The van der Waals surface area contributed by atoms with Gasteiger partial charge in [-0.05, 0) is 24.6 Å². The number of nitrogens with zero attached hydrogens (tertiary/aromatic N) is 2. The number of rotatable bonds is 1. The van der Waals surface area contributed by atoms with Gasteiger partial charge in [0.05, 0.1) is 10.2 Å². The van der Waals surface area contributed by atoms with Crippen molar-refractivity contribution in [2.24, 2.45) is 0 Å². The number of anilines is 1. The zero-order chi connectivity index (χ0) is 9.54. The van der Waals surface area contributed by atoms with Gasteiger partial charge in [-0.25, -0.2) is 4.98 Å². The molecule has 4 heteroatoms. The third-order valence-corrected chi connectivity index (χ3v) is 4.04. The highest BCUT2D eigenvalue weighted by molar-refractivity contribution is 9.10. The summed E-state index contributed by atoms with van der Waals surface area (Å²) < 4.78 is 2.39. The molecule has 0 N–H and O–H groups in total. The topological polar surface area (TPSA) is 16.1 Å². The van der Waals surface area contributed by atoms with Gasteiger partial charge in [0, 0.05) is 17.6 Å². The highest BCUT2D eigenvalue weighted by Crippen LogP contribution is 2.32. The Labute approximate surface area is 94.7 Å². The molecule has 1 aliphatic rings. The van der Waals surface area contributed by atoms with Crippen LogP contribution >= 0.6 is 27.3 Å². The SMILES string of the molecule is Brc1ccc2nc(N3CCC3)sc2c1. The van der Waals surface area contributed by atoms with Crippen molar-refractivity contribution < 1.29 is 0 Å². The molecule has 1 fully saturated rings. The third kappa shape index (κ3) is 1.33.